The molecule has 150 valence electrons. The molecule has 0 bridgehead atoms. The van der Waals surface area contributed by atoms with Crippen LogP contribution in [0.1, 0.15) is 16.9 Å². The maximum absolute atomic E-state index is 15.0. The Hall–Kier alpha value is -3.29. The second-order valence-electron chi connectivity index (χ2n) is 7.30. The number of para-hydroxylation sites is 1. The molecule has 4 heteroatoms. The van der Waals surface area contributed by atoms with E-state index in [2.05, 4.69) is 5.32 Å². The minimum Gasteiger partial charge on any atom is -0.508 e. The molecule has 0 heterocycles. The second-order valence-corrected chi connectivity index (χ2v) is 10.2. The van der Waals surface area contributed by atoms with Crippen molar-refractivity contribution in [1.29, 1.82) is 0 Å². The third-order valence-electron chi connectivity index (χ3n) is 5.23. The molecular formula is C26H24NO2P. The molecule has 0 saturated carbocycles. The molecule has 0 amide bonds. The topological polar surface area (TPSA) is 49.3 Å². The van der Waals surface area contributed by atoms with Crippen LogP contribution in [0.25, 0.3) is 0 Å². The van der Waals surface area contributed by atoms with E-state index in [1.54, 1.807) is 12.1 Å². The fourth-order valence-electron chi connectivity index (χ4n) is 3.64. The summed E-state index contributed by atoms with van der Waals surface area (Å²) in [4.78, 5) is 0. The highest BCUT2D eigenvalue weighted by Crippen LogP contribution is 2.58. The first kappa shape index (κ1) is 20.0. The predicted molar refractivity (Wildman–Crippen MR) is 125 cm³/mol. The minimum atomic E-state index is -3.23. The zero-order valence-corrected chi connectivity index (χ0v) is 17.7. The number of hydrogen-bond donors (Lipinski definition) is 2. The third kappa shape index (κ3) is 3.90. The van der Waals surface area contributed by atoms with Gasteiger partial charge < -0.3 is 15.0 Å². The lowest BCUT2D eigenvalue weighted by atomic mass is 10.2. The first-order valence-electron chi connectivity index (χ1n) is 9.91. The van der Waals surface area contributed by atoms with Crippen molar-refractivity contribution >= 4 is 23.4 Å². The van der Waals surface area contributed by atoms with Crippen LogP contribution < -0.4 is 15.9 Å². The Morgan fingerprint density at radius 1 is 0.700 bits per heavy atom. The van der Waals surface area contributed by atoms with E-state index in [-0.39, 0.29) is 5.75 Å². The Bertz CT molecular complexity index is 1120. The number of hydrogen-bond acceptors (Lipinski definition) is 3. The minimum absolute atomic E-state index is 0.120. The van der Waals surface area contributed by atoms with Crippen LogP contribution in [0, 0.1) is 6.92 Å². The number of rotatable bonds is 6. The average molecular weight is 413 g/mol. The predicted octanol–water partition coefficient (Wildman–Crippen LogP) is 5.83. The maximum atomic E-state index is 15.0. The van der Waals surface area contributed by atoms with Crippen molar-refractivity contribution in [3.8, 4) is 5.75 Å². The first-order chi connectivity index (χ1) is 14.6. The van der Waals surface area contributed by atoms with Gasteiger partial charge in [0.15, 0.2) is 7.14 Å². The molecule has 4 aromatic rings. The molecule has 1 atom stereocenters. The molecule has 3 nitrogen and oxygen atoms in total. The molecule has 0 aliphatic carbocycles. The quantitative estimate of drug-likeness (QED) is 0.391. The third-order valence-corrected chi connectivity index (χ3v) is 8.49. The summed E-state index contributed by atoms with van der Waals surface area (Å²) in [7, 11) is -3.23. The molecule has 30 heavy (non-hydrogen) atoms. The van der Waals surface area contributed by atoms with Gasteiger partial charge in [-0.3, -0.25) is 0 Å². The van der Waals surface area contributed by atoms with E-state index in [1.165, 1.54) is 0 Å². The van der Waals surface area contributed by atoms with Crippen molar-refractivity contribution in [3.63, 3.8) is 0 Å². The largest absolute Gasteiger partial charge is 0.508 e. The van der Waals surface area contributed by atoms with Gasteiger partial charge in [0.05, 0.1) is 0 Å². The van der Waals surface area contributed by atoms with Crippen molar-refractivity contribution in [1.82, 2.24) is 0 Å². The van der Waals surface area contributed by atoms with Gasteiger partial charge in [0.25, 0.3) is 0 Å². The van der Waals surface area contributed by atoms with Crippen LogP contribution in [0.5, 0.6) is 5.75 Å². The standard InChI is InChI=1S/C26H24NO2P/c1-20-16-18-21(19-17-20)27-26(24-14-8-9-15-25(24)28)30(29,22-10-4-2-5-11-22)23-12-6-3-7-13-23/h2-19,26-28H,1H3/t26-/m1/s1. The van der Waals surface area contributed by atoms with E-state index in [9.17, 15) is 9.67 Å². The molecular weight excluding hydrogens is 389 g/mol. The number of aromatic hydroxyl groups is 1. The normalized spacial score (nSPS) is 12.3. The van der Waals surface area contributed by atoms with Gasteiger partial charge >= 0.3 is 0 Å². The maximum Gasteiger partial charge on any atom is 0.168 e. The van der Waals surface area contributed by atoms with Gasteiger partial charge in [0.1, 0.15) is 11.5 Å². The van der Waals surface area contributed by atoms with Gasteiger partial charge in [-0.1, -0.05) is 96.6 Å². The Morgan fingerprint density at radius 3 is 1.73 bits per heavy atom. The first-order valence-corrected chi connectivity index (χ1v) is 11.7. The van der Waals surface area contributed by atoms with Gasteiger partial charge in [-0.2, -0.15) is 0 Å². The number of aryl methyl sites for hydroxylation is 1. The van der Waals surface area contributed by atoms with E-state index in [4.69, 9.17) is 0 Å². The lowest BCUT2D eigenvalue weighted by Gasteiger charge is -2.31. The monoisotopic (exact) mass is 413 g/mol. The molecule has 0 saturated heterocycles. The van der Waals surface area contributed by atoms with Crippen LogP contribution in [0.4, 0.5) is 5.69 Å². The van der Waals surface area contributed by atoms with Gasteiger partial charge in [0, 0.05) is 21.9 Å². The van der Waals surface area contributed by atoms with Crippen LogP contribution in [-0.2, 0) is 4.57 Å². The zero-order chi connectivity index (χ0) is 21.0. The summed E-state index contributed by atoms with van der Waals surface area (Å²) in [6.07, 6.45) is 0. The number of benzene rings is 4. The van der Waals surface area contributed by atoms with Gasteiger partial charge in [-0.15, -0.1) is 0 Å². The highest BCUT2D eigenvalue weighted by molar-refractivity contribution is 7.79. The van der Waals surface area contributed by atoms with Crippen molar-refractivity contribution in [2.45, 2.75) is 12.7 Å². The van der Waals surface area contributed by atoms with Gasteiger partial charge in [-0.25, -0.2) is 0 Å². The summed E-state index contributed by atoms with van der Waals surface area (Å²) in [5.74, 6) is -0.514. The highest BCUT2D eigenvalue weighted by Gasteiger charge is 2.39. The van der Waals surface area contributed by atoms with Gasteiger partial charge in [0.2, 0.25) is 0 Å². The molecule has 0 spiro atoms. The SMILES string of the molecule is Cc1ccc(N[C@@H](c2ccccc2O)P(=O)(c2ccccc2)c2ccccc2)cc1. The molecule has 0 aliphatic rings. The summed E-state index contributed by atoms with van der Waals surface area (Å²) in [5, 5.41) is 15.7. The molecule has 0 aromatic heterocycles. The number of phenolic OH excluding ortho intramolecular Hbond substituents is 1. The molecule has 0 fully saturated rings. The molecule has 4 rings (SSSR count). The van der Waals surface area contributed by atoms with Crippen LogP contribution in [0.15, 0.2) is 109 Å². The number of nitrogens with one attached hydrogen (secondary N) is 1. The molecule has 4 aromatic carbocycles. The van der Waals surface area contributed by atoms with Gasteiger partial charge in [-0.05, 0) is 25.1 Å². The summed E-state index contributed by atoms with van der Waals surface area (Å²) >= 11 is 0. The summed E-state index contributed by atoms with van der Waals surface area (Å²) < 4.78 is 15.0. The Balaban J connectivity index is 1.95. The Labute approximate surface area is 177 Å². The van der Waals surface area contributed by atoms with Crippen molar-refractivity contribution < 1.29 is 9.67 Å². The molecule has 0 radical (unpaired) electrons. The van der Waals surface area contributed by atoms with Crippen molar-refractivity contribution in [3.05, 3.63) is 120 Å². The molecule has 2 N–H and O–H groups in total. The smallest absolute Gasteiger partial charge is 0.168 e. The van der Waals surface area contributed by atoms with Crippen molar-refractivity contribution in [2.75, 3.05) is 5.32 Å². The van der Waals surface area contributed by atoms with E-state index in [0.29, 0.717) is 5.56 Å². The highest BCUT2D eigenvalue weighted by atomic mass is 31.2. The summed E-state index contributed by atoms with van der Waals surface area (Å²) in [6, 6.07) is 34.1. The summed E-state index contributed by atoms with van der Waals surface area (Å²) in [6.45, 7) is 2.03. The van der Waals surface area contributed by atoms with Crippen LogP contribution in [0.2, 0.25) is 0 Å². The fourth-order valence-corrected chi connectivity index (χ4v) is 6.70. The summed E-state index contributed by atoms with van der Waals surface area (Å²) in [5.41, 5.74) is 2.60. The van der Waals surface area contributed by atoms with Crippen LogP contribution in [0.3, 0.4) is 0 Å². The number of phenols is 1. The lowest BCUT2D eigenvalue weighted by molar-refractivity contribution is 0.467. The molecule has 0 aliphatic heterocycles. The zero-order valence-electron chi connectivity index (χ0n) is 16.8. The molecule has 0 unspecified atom stereocenters. The van der Waals surface area contributed by atoms with Crippen molar-refractivity contribution in [2.24, 2.45) is 0 Å². The van der Waals surface area contributed by atoms with E-state index >= 15 is 0 Å². The average Bonchev–Trinajstić information content (AvgIpc) is 2.80. The van der Waals surface area contributed by atoms with E-state index in [0.717, 1.165) is 21.9 Å². The van der Waals surface area contributed by atoms with E-state index < -0.39 is 12.9 Å². The number of anilines is 1. The Morgan fingerprint density at radius 2 is 1.20 bits per heavy atom. The lowest BCUT2D eigenvalue weighted by Crippen LogP contribution is -2.25. The Kier molecular flexibility index (Phi) is 5.74. The van der Waals surface area contributed by atoms with Crippen LogP contribution >= 0.6 is 7.14 Å². The second kappa shape index (κ2) is 8.61. The van der Waals surface area contributed by atoms with E-state index in [1.807, 2.05) is 104 Å². The van der Waals surface area contributed by atoms with Crippen LogP contribution in [-0.4, -0.2) is 5.11 Å². The fraction of sp³-hybridized carbons (Fsp3) is 0.0769.